The van der Waals surface area contributed by atoms with Crippen LogP contribution in [0.25, 0.3) is 0 Å². The molecule has 0 aliphatic carbocycles. The molecule has 0 radical (unpaired) electrons. The molecule has 1 aliphatic heterocycles. The Kier molecular flexibility index (Phi) is 10.2. The van der Waals surface area contributed by atoms with Gasteiger partial charge < -0.3 is 37.8 Å². The molecule has 1 heterocycles. The molecule has 1 fully saturated rings. The lowest BCUT2D eigenvalue weighted by Crippen LogP contribution is -2.57. The molecule has 1 rings (SSSR count). The number of likely N-dealkylation sites (tertiary alicyclic amines) is 1. The summed E-state index contributed by atoms with van der Waals surface area (Å²) >= 11 is 0. The van der Waals surface area contributed by atoms with Gasteiger partial charge in [0.05, 0.1) is 6.04 Å². The minimum absolute atomic E-state index is 0.0406. The van der Waals surface area contributed by atoms with Crippen LogP contribution in [0.1, 0.15) is 46.5 Å². The number of nitrogens with two attached hydrogens (primary N) is 3. The molecule has 0 aromatic heterocycles. The minimum atomic E-state index is -1.06. The van der Waals surface area contributed by atoms with E-state index in [1.165, 1.54) is 11.8 Å². The number of hydrogen-bond donors (Lipinski definition) is 6. The molecule has 0 aromatic carbocycles. The molecule has 3 amide bonds. The number of nitrogens with one attached hydrogen (secondary N) is 2. The normalized spacial score (nSPS) is 18.7. The highest BCUT2D eigenvalue weighted by Crippen LogP contribution is 2.20. The molecule has 4 unspecified atom stereocenters. The number of aliphatic imine (C=N–C) groups is 1. The van der Waals surface area contributed by atoms with Crippen molar-refractivity contribution in [1.82, 2.24) is 15.5 Å². The van der Waals surface area contributed by atoms with Crippen LogP contribution in [0.4, 0.5) is 0 Å². The second-order valence-electron chi connectivity index (χ2n) is 8.04. The van der Waals surface area contributed by atoms with Crippen LogP contribution < -0.4 is 27.8 Å². The van der Waals surface area contributed by atoms with Gasteiger partial charge >= 0.3 is 5.97 Å². The lowest BCUT2D eigenvalue weighted by molar-refractivity contribution is -0.150. The second-order valence-corrected chi connectivity index (χ2v) is 8.04. The number of carbonyl (C=O) groups excluding carboxylic acids is 3. The van der Waals surface area contributed by atoms with Gasteiger partial charge in [-0.3, -0.25) is 19.4 Å². The van der Waals surface area contributed by atoms with Gasteiger partial charge in [0.1, 0.15) is 18.1 Å². The van der Waals surface area contributed by atoms with Crippen molar-refractivity contribution in [2.24, 2.45) is 28.1 Å². The van der Waals surface area contributed by atoms with Gasteiger partial charge in [0.15, 0.2) is 5.96 Å². The average molecular weight is 442 g/mol. The molecule has 176 valence electrons. The fourth-order valence-electron chi connectivity index (χ4n) is 3.29. The first kappa shape index (κ1) is 26.1. The Morgan fingerprint density at radius 1 is 1.13 bits per heavy atom. The highest BCUT2D eigenvalue weighted by molar-refractivity contribution is 5.94. The molecule has 1 aliphatic rings. The first-order chi connectivity index (χ1) is 14.5. The van der Waals surface area contributed by atoms with E-state index in [0.29, 0.717) is 38.8 Å². The molecule has 4 atom stereocenters. The molecule has 12 nitrogen and oxygen atoms in total. The zero-order chi connectivity index (χ0) is 23.7. The quantitative estimate of drug-likeness (QED) is 0.121. The van der Waals surface area contributed by atoms with E-state index in [1.807, 2.05) is 0 Å². The summed E-state index contributed by atoms with van der Waals surface area (Å²) < 4.78 is 0. The third-order valence-corrected chi connectivity index (χ3v) is 5.11. The van der Waals surface area contributed by atoms with Gasteiger partial charge in [0.25, 0.3) is 0 Å². The number of carboxylic acids is 1. The van der Waals surface area contributed by atoms with Crippen LogP contribution in [0.15, 0.2) is 4.99 Å². The van der Waals surface area contributed by atoms with E-state index in [4.69, 9.17) is 17.2 Å². The molecule has 31 heavy (non-hydrogen) atoms. The average Bonchev–Trinajstić information content (AvgIpc) is 3.18. The van der Waals surface area contributed by atoms with Crippen LogP contribution in [-0.2, 0) is 19.2 Å². The van der Waals surface area contributed by atoms with E-state index in [1.54, 1.807) is 13.8 Å². The predicted octanol–water partition coefficient (Wildman–Crippen LogP) is -1.91. The maximum atomic E-state index is 12.9. The lowest BCUT2D eigenvalue weighted by Gasteiger charge is -2.30. The second kappa shape index (κ2) is 12.1. The number of rotatable bonds is 11. The number of carbonyl (C=O) groups is 4. The maximum Gasteiger partial charge on any atom is 0.326 e. The smallest absolute Gasteiger partial charge is 0.326 e. The van der Waals surface area contributed by atoms with Crippen LogP contribution in [0, 0.1) is 5.92 Å². The summed E-state index contributed by atoms with van der Waals surface area (Å²) in [5, 5.41) is 14.5. The molecule has 0 spiro atoms. The number of carboxylic acid groups (broad SMARTS) is 1. The molecule has 12 heteroatoms. The number of guanidine groups is 1. The Labute approximate surface area is 182 Å². The standard InChI is InChI=1S/C19H35N7O5/c1-10(2)14(17(29)26-9-5-7-13(26)18(30)31)25-15(27)11(3)24-16(28)12(20)6-4-8-23-19(21)22/h10-14H,4-9,20H2,1-3H3,(H,24,28)(H,25,27)(H,30,31)(H4,21,22,23). The highest BCUT2D eigenvalue weighted by atomic mass is 16.4. The Bertz CT molecular complexity index is 693. The van der Waals surface area contributed by atoms with Crippen molar-refractivity contribution in [3.05, 3.63) is 0 Å². The van der Waals surface area contributed by atoms with E-state index >= 15 is 0 Å². The van der Waals surface area contributed by atoms with E-state index in [2.05, 4.69) is 15.6 Å². The fourth-order valence-corrected chi connectivity index (χ4v) is 3.29. The van der Waals surface area contributed by atoms with Crippen molar-refractivity contribution in [3.63, 3.8) is 0 Å². The number of aliphatic carboxylic acids is 1. The number of hydrogen-bond acceptors (Lipinski definition) is 6. The maximum absolute atomic E-state index is 12.9. The van der Waals surface area contributed by atoms with E-state index in [-0.39, 0.29) is 11.9 Å². The van der Waals surface area contributed by atoms with Crippen molar-refractivity contribution in [2.45, 2.75) is 70.6 Å². The SMILES string of the molecule is CC(NC(=O)C(N)CCCN=C(N)N)C(=O)NC(C(=O)N1CCCC1C(=O)O)C(C)C. The summed E-state index contributed by atoms with van der Waals surface area (Å²) in [6, 6.07) is -3.56. The summed E-state index contributed by atoms with van der Waals surface area (Å²) in [6.45, 7) is 5.66. The summed E-state index contributed by atoms with van der Waals surface area (Å²) in [7, 11) is 0. The lowest BCUT2D eigenvalue weighted by atomic mass is 10.0. The zero-order valence-electron chi connectivity index (χ0n) is 18.3. The Morgan fingerprint density at radius 2 is 1.77 bits per heavy atom. The van der Waals surface area contributed by atoms with E-state index in [0.717, 1.165) is 0 Å². The summed E-state index contributed by atoms with van der Waals surface area (Å²) in [5.74, 6) is -2.88. The largest absolute Gasteiger partial charge is 0.480 e. The molecule has 0 aromatic rings. The molecule has 0 bridgehead atoms. The summed E-state index contributed by atoms with van der Waals surface area (Å²) in [4.78, 5) is 54.2. The van der Waals surface area contributed by atoms with Crippen molar-refractivity contribution in [2.75, 3.05) is 13.1 Å². The predicted molar refractivity (Wildman–Crippen MR) is 115 cm³/mol. The molecule has 1 saturated heterocycles. The van der Waals surface area contributed by atoms with Gasteiger partial charge in [-0.2, -0.15) is 0 Å². The first-order valence-corrected chi connectivity index (χ1v) is 10.4. The van der Waals surface area contributed by atoms with Gasteiger partial charge in [-0.15, -0.1) is 0 Å². The summed E-state index contributed by atoms with van der Waals surface area (Å²) in [5.41, 5.74) is 16.3. The topological polar surface area (TPSA) is 206 Å². The number of nitrogens with zero attached hydrogens (tertiary/aromatic N) is 2. The van der Waals surface area contributed by atoms with E-state index in [9.17, 15) is 24.3 Å². The van der Waals surface area contributed by atoms with Crippen LogP contribution in [0.3, 0.4) is 0 Å². The van der Waals surface area contributed by atoms with Gasteiger partial charge in [-0.1, -0.05) is 13.8 Å². The number of amides is 3. The minimum Gasteiger partial charge on any atom is -0.480 e. The van der Waals surface area contributed by atoms with Crippen molar-refractivity contribution in [3.8, 4) is 0 Å². The van der Waals surface area contributed by atoms with Crippen molar-refractivity contribution in [1.29, 1.82) is 0 Å². The highest BCUT2D eigenvalue weighted by Gasteiger charge is 2.39. The summed E-state index contributed by atoms with van der Waals surface area (Å²) in [6.07, 6.45) is 1.80. The molecule has 9 N–H and O–H groups in total. The van der Waals surface area contributed by atoms with Gasteiger partial charge in [-0.25, -0.2) is 4.79 Å². The van der Waals surface area contributed by atoms with E-state index < -0.39 is 47.9 Å². The van der Waals surface area contributed by atoms with Gasteiger partial charge in [-0.05, 0) is 38.5 Å². The molecular weight excluding hydrogens is 406 g/mol. The monoisotopic (exact) mass is 441 g/mol. The fraction of sp³-hybridized carbons (Fsp3) is 0.737. The Balaban J connectivity index is 2.64. The Morgan fingerprint density at radius 3 is 2.32 bits per heavy atom. The third kappa shape index (κ3) is 8.04. The molecular formula is C19H35N7O5. The molecule has 0 saturated carbocycles. The van der Waals surface area contributed by atoms with Crippen LogP contribution in [0.2, 0.25) is 0 Å². The van der Waals surface area contributed by atoms with Crippen molar-refractivity contribution >= 4 is 29.7 Å². The van der Waals surface area contributed by atoms with Gasteiger partial charge in [0, 0.05) is 13.1 Å². The first-order valence-electron chi connectivity index (χ1n) is 10.4. The zero-order valence-corrected chi connectivity index (χ0v) is 18.3. The van der Waals surface area contributed by atoms with Crippen LogP contribution >= 0.6 is 0 Å². The van der Waals surface area contributed by atoms with Crippen LogP contribution in [-0.4, -0.2) is 76.9 Å². The van der Waals surface area contributed by atoms with Crippen LogP contribution in [0.5, 0.6) is 0 Å². The Hall–Kier alpha value is -2.89. The van der Waals surface area contributed by atoms with Gasteiger partial charge in [0.2, 0.25) is 17.7 Å². The van der Waals surface area contributed by atoms with Crippen molar-refractivity contribution < 1.29 is 24.3 Å². The third-order valence-electron chi connectivity index (χ3n) is 5.11.